The summed E-state index contributed by atoms with van der Waals surface area (Å²) in [6, 6.07) is 8.71. The van der Waals surface area contributed by atoms with Crippen LogP contribution in [0, 0.1) is 11.8 Å². The van der Waals surface area contributed by atoms with Crippen molar-refractivity contribution in [2.45, 2.75) is 38.6 Å². The lowest BCUT2D eigenvalue weighted by Gasteiger charge is -2.36. The van der Waals surface area contributed by atoms with E-state index in [1.165, 1.54) is 31.4 Å². The van der Waals surface area contributed by atoms with Crippen LogP contribution in [-0.4, -0.2) is 56.2 Å². The number of para-hydroxylation sites is 2. The van der Waals surface area contributed by atoms with Crippen molar-refractivity contribution in [3.63, 3.8) is 0 Å². The molecular formula is C21H31N3O2. The number of nitrogens with one attached hydrogen (secondary N) is 1. The summed E-state index contributed by atoms with van der Waals surface area (Å²) in [4.78, 5) is 17.1. The number of ether oxygens (including phenoxy) is 1. The zero-order valence-corrected chi connectivity index (χ0v) is 15.8. The van der Waals surface area contributed by atoms with Crippen LogP contribution >= 0.6 is 0 Å². The lowest BCUT2D eigenvalue weighted by atomic mass is 10.1. The number of piperazine rings is 1. The Morgan fingerprint density at radius 2 is 1.77 bits per heavy atom. The summed E-state index contributed by atoms with van der Waals surface area (Å²) in [7, 11) is 0. The lowest BCUT2D eigenvalue weighted by molar-refractivity contribution is -0.123. The molecule has 3 fully saturated rings. The average Bonchev–Trinajstić information content (AvgIpc) is 3.55. The molecule has 1 amide bonds. The number of carbonyl (C=O) groups excluding carboxylic acids is 1. The third kappa shape index (κ3) is 4.32. The SMILES string of the molecule is CCOc1ccccc1N1CCN(CC(=O)NC(C2CC2)C2CC2)CC1. The Hall–Kier alpha value is -1.75. The number of rotatable bonds is 8. The van der Waals surface area contributed by atoms with Gasteiger partial charge in [-0.1, -0.05) is 12.1 Å². The number of anilines is 1. The van der Waals surface area contributed by atoms with Crippen molar-refractivity contribution in [2.24, 2.45) is 11.8 Å². The van der Waals surface area contributed by atoms with E-state index in [0.29, 0.717) is 19.2 Å². The standard InChI is InChI=1S/C21H31N3O2/c1-2-26-19-6-4-3-5-18(19)24-13-11-23(12-14-24)15-20(25)22-21(16-7-8-16)17-9-10-17/h3-6,16-17,21H,2,7-15H2,1H3,(H,22,25). The molecule has 5 nitrogen and oxygen atoms in total. The predicted molar refractivity (Wildman–Crippen MR) is 104 cm³/mol. The molecular weight excluding hydrogens is 326 g/mol. The summed E-state index contributed by atoms with van der Waals surface area (Å²) < 4.78 is 5.76. The minimum absolute atomic E-state index is 0.219. The Morgan fingerprint density at radius 3 is 2.38 bits per heavy atom. The summed E-state index contributed by atoms with van der Waals surface area (Å²) in [5, 5.41) is 3.34. The van der Waals surface area contributed by atoms with Crippen LogP contribution in [0.2, 0.25) is 0 Å². The van der Waals surface area contributed by atoms with Gasteiger partial charge in [-0.05, 0) is 56.6 Å². The molecule has 1 saturated heterocycles. The number of hydrogen-bond donors (Lipinski definition) is 1. The maximum absolute atomic E-state index is 12.5. The van der Waals surface area contributed by atoms with Crippen LogP contribution in [0.15, 0.2) is 24.3 Å². The van der Waals surface area contributed by atoms with E-state index >= 15 is 0 Å². The van der Waals surface area contributed by atoms with Crippen LogP contribution < -0.4 is 15.0 Å². The number of carbonyl (C=O) groups is 1. The zero-order chi connectivity index (χ0) is 17.9. The monoisotopic (exact) mass is 357 g/mol. The predicted octanol–water partition coefficient (Wildman–Crippen LogP) is 2.51. The summed E-state index contributed by atoms with van der Waals surface area (Å²) in [6.07, 6.45) is 5.22. The largest absolute Gasteiger partial charge is 0.492 e. The highest BCUT2D eigenvalue weighted by molar-refractivity contribution is 5.78. The molecule has 0 spiro atoms. The molecule has 26 heavy (non-hydrogen) atoms. The first-order valence-corrected chi connectivity index (χ1v) is 10.2. The second-order valence-electron chi connectivity index (χ2n) is 7.93. The van der Waals surface area contributed by atoms with Gasteiger partial charge in [0.25, 0.3) is 0 Å². The number of benzene rings is 1. The fraction of sp³-hybridized carbons (Fsp3) is 0.667. The Kier molecular flexibility index (Phi) is 5.34. The average molecular weight is 357 g/mol. The van der Waals surface area contributed by atoms with Gasteiger partial charge >= 0.3 is 0 Å². The zero-order valence-electron chi connectivity index (χ0n) is 15.8. The molecule has 0 bridgehead atoms. The van der Waals surface area contributed by atoms with Gasteiger partial charge in [-0.3, -0.25) is 9.69 Å². The van der Waals surface area contributed by atoms with Gasteiger partial charge in [0.05, 0.1) is 18.8 Å². The highest BCUT2D eigenvalue weighted by Crippen LogP contribution is 2.44. The van der Waals surface area contributed by atoms with Crippen molar-refractivity contribution in [1.29, 1.82) is 0 Å². The summed E-state index contributed by atoms with van der Waals surface area (Å²) >= 11 is 0. The van der Waals surface area contributed by atoms with Crippen molar-refractivity contribution in [3.05, 3.63) is 24.3 Å². The maximum atomic E-state index is 12.5. The first-order chi connectivity index (χ1) is 12.7. The van der Waals surface area contributed by atoms with Gasteiger partial charge < -0.3 is 15.0 Å². The molecule has 2 saturated carbocycles. The highest BCUT2D eigenvalue weighted by Gasteiger charge is 2.42. The fourth-order valence-corrected chi connectivity index (χ4v) is 4.11. The minimum Gasteiger partial charge on any atom is -0.492 e. The van der Waals surface area contributed by atoms with Gasteiger partial charge in [-0.2, -0.15) is 0 Å². The third-order valence-electron chi connectivity index (χ3n) is 5.83. The second-order valence-corrected chi connectivity index (χ2v) is 7.93. The minimum atomic E-state index is 0.219. The van der Waals surface area contributed by atoms with E-state index in [2.05, 4.69) is 27.2 Å². The second kappa shape index (κ2) is 7.87. The molecule has 0 unspecified atom stereocenters. The van der Waals surface area contributed by atoms with Crippen molar-refractivity contribution < 1.29 is 9.53 Å². The van der Waals surface area contributed by atoms with Crippen LogP contribution in [0.4, 0.5) is 5.69 Å². The van der Waals surface area contributed by atoms with E-state index in [0.717, 1.165) is 43.8 Å². The van der Waals surface area contributed by atoms with E-state index in [4.69, 9.17) is 4.74 Å². The highest BCUT2D eigenvalue weighted by atomic mass is 16.5. The van der Waals surface area contributed by atoms with Crippen molar-refractivity contribution in [2.75, 3.05) is 44.2 Å². The Morgan fingerprint density at radius 1 is 1.12 bits per heavy atom. The van der Waals surface area contributed by atoms with E-state index in [1.807, 2.05) is 19.1 Å². The van der Waals surface area contributed by atoms with E-state index in [9.17, 15) is 4.79 Å². The maximum Gasteiger partial charge on any atom is 0.234 e. The summed E-state index contributed by atoms with van der Waals surface area (Å²) in [5.41, 5.74) is 1.17. The molecule has 0 atom stereocenters. The summed E-state index contributed by atoms with van der Waals surface area (Å²) in [5.74, 6) is 2.70. The van der Waals surface area contributed by atoms with Crippen LogP contribution in [-0.2, 0) is 4.79 Å². The molecule has 1 aromatic carbocycles. The van der Waals surface area contributed by atoms with Gasteiger partial charge in [0, 0.05) is 32.2 Å². The molecule has 1 heterocycles. The molecule has 1 aromatic rings. The number of nitrogens with zero attached hydrogens (tertiary/aromatic N) is 2. The normalized spacial score (nSPS) is 21.1. The van der Waals surface area contributed by atoms with E-state index in [1.54, 1.807) is 0 Å². The number of amides is 1. The van der Waals surface area contributed by atoms with Crippen molar-refractivity contribution in [3.8, 4) is 5.75 Å². The molecule has 0 aromatic heterocycles. The summed E-state index contributed by atoms with van der Waals surface area (Å²) in [6.45, 7) is 6.95. The molecule has 3 aliphatic rings. The third-order valence-corrected chi connectivity index (χ3v) is 5.83. The first-order valence-electron chi connectivity index (χ1n) is 10.2. The first kappa shape index (κ1) is 17.7. The molecule has 0 radical (unpaired) electrons. The number of hydrogen-bond acceptors (Lipinski definition) is 4. The van der Waals surface area contributed by atoms with Gasteiger partial charge in [-0.25, -0.2) is 0 Å². The molecule has 5 heteroatoms. The Labute approximate surface area is 156 Å². The molecule has 4 rings (SSSR count). The van der Waals surface area contributed by atoms with E-state index in [-0.39, 0.29) is 5.91 Å². The quantitative estimate of drug-likeness (QED) is 0.776. The van der Waals surface area contributed by atoms with Crippen LogP contribution in [0.5, 0.6) is 5.75 Å². The Bertz CT molecular complexity index is 607. The Balaban J connectivity index is 1.26. The molecule has 2 aliphatic carbocycles. The van der Waals surface area contributed by atoms with Gasteiger partial charge in [0.15, 0.2) is 0 Å². The van der Waals surface area contributed by atoms with Crippen LogP contribution in [0.3, 0.4) is 0 Å². The van der Waals surface area contributed by atoms with Gasteiger partial charge in [-0.15, -0.1) is 0 Å². The fourth-order valence-electron chi connectivity index (χ4n) is 4.11. The van der Waals surface area contributed by atoms with Crippen LogP contribution in [0.1, 0.15) is 32.6 Å². The van der Waals surface area contributed by atoms with Gasteiger partial charge in [0.1, 0.15) is 5.75 Å². The molecule has 1 aliphatic heterocycles. The lowest BCUT2D eigenvalue weighted by Crippen LogP contribution is -2.51. The smallest absolute Gasteiger partial charge is 0.234 e. The molecule has 142 valence electrons. The molecule has 1 N–H and O–H groups in total. The van der Waals surface area contributed by atoms with Crippen LogP contribution in [0.25, 0.3) is 0 Å². The van der Waals surface area contributed by atoms with Crippen molar-refractivity contribution >= 4 is 11.6 Å². The topological polar surface area (TPSA) is 44.8 Å². The van der Waals surface area contributed by atoms with E-state index < -0.39 is 0 Å². The van der Waals surface area contributed by atoms with Crippen molar-refractivity contribution in [1.82, 2.24) is 10.2 Å². The van der Waals surface area contributed by atoms with Gasteiger partial charge in [0.2, 0.25) is 5.91 Å².